The minimum absolute atomic E-state index is 0.0710. The number of aliphatic hydroxyl groups is 1. The highest BCUT2D eigenvalue weighted by Crippen LogP contribution is 2.12. The largest absolute Gasteiger partial charge is 0.396 e. The molecule has 0 fully saturated rings. The Morgan fingerprint density at radius 3 is 3.00 bits per heavy atom. The van der Waals surface area contributed by atoms with E-state index >= 15 is 0 Å². The molecule has 0 atom stereocenters. The van der Waals surface area contributed by atoms with E-state index in [1.807, 2.05) is 28.9 Å². The van der Waals surface area contributed by atoms with Crippen molar-refractivity contribution < 1.29 is 9.90 Å². The zero-order valence-electron chi connectivity index (χ0n) is 10.3. The van der Waals surface area contributed by atoms with E-state index < -0.39 is 0 Å². The molecule has 0 unspecified atom stereocenters. The number of nitrogens with one attached hydrogen (secondary N) is 2. The molecule has 0 saturated carbocycles. The average Bonchev–Trinajstić information content (AvgIpc) is 2.78. The quantitative estimate of drug-likeness (QED) is 0.724. The molecule has 102 valence electrons. The van der Waals surface area contributed by atoms with Crippen LogP contribution in [0.15, 0.2) is 29.0 Å². The van der Waals surface area contributed by atoms with E-state index in [2.05, 4.69) is 31.5 Å². The second kappa shape index (κ2) is 6.53. The number of hydrogen-bond donors (Lipinski definition) is 3. The van der Waals surface area contributed by atoms with Crippen molar-refractivity contribution in [2.45, 2.75) is 13.0 Å². The van der Waals surface area contributed by atoms with Crippen LogP contribution < -0.4 is 10.6 Å². The van der Waals surface area contributed by atoms with E-state index in [9.17, 15) is 4.79 Å². The molecule has 2 aromatic rings. The molecule has 0 saturated heterocycles. The van der Waals surface area contributed by atoms with Gasteiger partial charge in [-0.15, -0.1) is 0 Å². The molecule has 19 heavy (non-hydrogen) atoms. The summed E-state index contributed by atoms with van der Waals surface area (Å²) in [6, 6.07) is 3.56. The summed E-state index contributed by atoms with van der Waals surface area (Å²) in [5.74, 6) is 0. The third kappa shape index (κ3) is 3.93. The fraction of sp³-hybridized carbons (Fsp3) is 0.333. The number of imidazole rings is 1. The first-order chi connectivity index (χ1) is 9.19. The van der Waals surface area contributed by atoms with Gasteiger partial charge in [-0.25, -0.2) is 9.78 Å². The predicted octanol–water partition coefficient (Wildman–Crippen LogP) is 1.28. The molecule has 2 rings (SSSR count). The topological polar surface area (TPSA) is 78.7 Å². The zero-order valence-corrected chi connectivity index (χ0v) is 11.9. The molecule has 0 aliphatic carbocycles. The summed E-state index contributed by atoms with van der Waals surface area (Å²) < 4.78 is 2.86. The number of aromatic nitrogens is 2. The number of fused-ring (bicyclic) bond motifs is 1. The van der Waals surface area contributed by atoms with Crippen LogP contribution in [-0.2, 0) is 6.54 Å². The van der Waals surface area contributed by atoms with Crippen molar-refractivity contribution in [3.05, 3.63) is 34.7 Å². The van der Waals surface area contributed by atoms with Gasteiger partial charge < -0.3 is 20.1 Å². The van der Waals surface area contributed by atoms with Crippen LogP contribution in [-0.4, -0.2) is 33.7 Å². The number of pyridine rings is 1. The third-order valence-corrected chi connectivity index (χ3v) is 2.98. The van der Waals surface area contributed by atoms with Gasteiger partial charge in [-0.05, 0) is 34.5 Å². The van der Waals surface area contributed by atoms with Gasteiger partial charge in [0.15, 0.2) is 0 Å². The lowest BCUT2D eigenvalue weighted by Gasteiger charge is -2.04. The van der Waals surface area contributed by atoms with Gasteiger partial charge in [-0.2, -0.15) is 0 Å². The van der Waals surface area contributed by atoms with Crippen LogP contribution in [0.2, 0.25) is 0 Å². The first-order valence-electron chi connectivity index (χ1n) is 5.95. The van der Waals surface area contributed by atoms with Gasteiger partial charge >= 0.3 is 6.03 Å². The number of halogens is 1. The van der Waals surface area contributed by atoms with E-state index in [1.54, 1.807) is 0 Å². The maximum absolute atomic E-state index is 11.4. The summed E-state index contributed by atoms with van der Waals surface area (Å²) in [7, 11) is 0. The standard InChI is InChI=1S/C12H15BrN4O2/c13-9-2-3-11-16-10(8-17(11)7-9)6-15-12(19)14-4-1-5-18/h2-3,7-8,18H,1,4-6H2,(H2,14,15,19). The molecule has 0 spiro atoms. The SMILES string of the molecule is O=C(NCCCO)NCc1cn2cc(Br)ccc2n1. The fourth-order valence-electron chi connectivity index (χ4n) is 1.62. The fourth-order valence-corrected chi connectivity index (χ4v) is 1.97. The Morgan fingerprint density at radius 2 is 2.21 bits per heavy atom. The van der Waals surface area contributed by atoms with Gasteiger partial charge in [0.2, 0.25) is 0 Å². The Hall–Kier alpha value is -1.60. The Morgan fingerprint density at radius 1 is 1.37 bits per heavy atom. The second-order valence-electron chi connectivity index (χ2n) is 4.03. The second-order valence-corrected chi connectivity index (χ2v) is 4.95. The lowest BCUT2D eigenvalue weighted by molar-refractivity contribution is 0.237. The molecule has 2 amide bonds. The van der Waals surface area contributed by atoms with Crippen LogP contribution in [0.5, 0.6) is 0 Å². The van der Waals surface area contributed by atoms with Crippen LogP contribution in [0.25, 0.3) is 5.65 Å². The van der Waals surface area contributed by atoms with Gasteiger partial charge in [-0.3, -0.25) is 0 Å². The summed E-state index contributed by atoms with van der Waals surface area (Å²) in [6.45, 7) is 0.895. The van der Waals surface area contributed by atoms with E-state index in [-0.39, 0.29) is 12.6 Å². The first-order valence-corrected chi connectivity index (χ1v) is 6.74. The monoisotopic (exact) mass is 326 g/mol. The van der Waals surface area contributed by atoms with Crippen molar-refractivity contribution in [3.8, 4) is 0 Å². The zero-order chi connectivity index (χ0) is 13.7. The van der Waals surface area contributed by atoms with E-state index in [0.29, 0.717) is 19.5 Å². The first kappa shape index (κ1) is 13.8. The summed E-state index contributed by atoms with van der Waals surface area (Å²) in [6.07, 6.45) is 4.33. The average molecular weight is 327 g/mol. The number of hydrogen-bond acceptors (Lipinski definition) is 3. The Labute approximate surface area is 119 Å². The molecule has 2 aromatic heterocycles. The number of nitrogens with zero attached hydrogens (tertiary/aromatic N) is 2. The van der Waals surface area contributed by atoms with Crippen molar-refractivity contribution in [2.75, 3.05) is 13.2 Å². The van der Waals surface area contributed by atoms with E-state index in [1.165, 1.54) is 0 Å². The highest BCUT2D eigenvalue weighted by Gasteiger charge is 2.04. The molecule has 0 aliphatic heterocycles. The molecule has 0 aromatic carbocycles. The van der Waals surface area contributed by atoms with Gasteiger partial charge in [0.05, 0.1) is 12.2 Å². The summed E-state index contributed by atoms with van der Waals surface area (Å²) in [5, 5.41) is 14.0. The normalized spacial score (nSPS) is 10.6. The lowest BCUT2D eigenvalue weighted by Crippen LogP contribution is -2.35. The van der Waals surface area contributed by atoms with Crippen LogP contribution in [0, 0.1) is 0 Å². The number of rotatable bonds is 5. The predicted molar refractivity (Wildman–Crippen MR) is 74.8 cm³/mol. The lowest BCUT2D eigenvalue weighted by atomic mass is 10.4. The molecule has 6 nitrogen and oxygen atoms in total. The minimum atomic E-state index is -0.258. The molecular weight excluding hydrogens is 312 g/mol. The van der Waals surface area contributed by atoms with Gasteiger partial charge in [0.25, 0.3) is 0 Å². The van der Waals surface area contributed by atoms with Crippen molar-refractivity contribution in [1.29, 1.82) is 0 Å². The van der Waals surface area contributed by atoms with E-state index in [0.717, 1.165) is 15.8 Å². The van der Waals surface area contributed by atoms with Crippen molar-refractivity contribution in [1.82, 2.24) is 20.0 Å². The van der Waals surface area contributed by atoms with Crippen molar-refractivity contribution in [2.24, 2.45) is 0 Å². The van der Waals surface area contributed by atoms with Crippen molar-refractivity contribution in [3.63, 3.8) is 0 Å². The number of carbonyl (C=O) groups is 1. The Bertz CT molecular complexity index is 570. The van der Waals surface area contributed by atoms with Crippen LogP contribution in [0.4, 0.5) is 4.79 Å². The van der Waals surface area contributed by atoms with Crippen LogP contribution >= 0.6 is 15.9 Å². The number of amides is 2. The summed E-state index contributed by atoms with van der Waals surface area (Å²) in [4.78, 5) is 15.8. The van der Waals surface area contributed by atoms with Crippen LogP contribution in [0.3, 0.4) is 0 Å². The van der Waals surface area contributed by atoms with Crippen molar-refractivity contribution >= 4 is 27.6 Å². The minimum Gasteiger partial charge on any atom is -0.396 e. The van der Waals surface area contributed by atoms with E-state index in [4.69, 9.17) is 5.11 Å². The Balaban J connectivity index is 1.89. The maximum Gasteiger partial charge on any atom is 0.315 e. The molecular formula is C12H15BrN4O2. The van der Waals surface area contributed by atoms with Gasteiger partial charge in [-0.1, -0.05) is 0 Å². The highest BCUT2D eigenvalue weighted by molar-refractivity contribution is 9.10. The Kier molecular flexibility index (Phi) is 4.75. The summed E-state index contributed by atoms with van der Waals surface area (Å²) in [5.41, 5.74) is 1.62. The molecule has 2 heterocycles. The smallest absolute Gasteiger partial charge is 0.315 e. The van der Waals surface area contributed by atoms with Crippen LogP contribution in [0.1, 0.15) is 12.1 Å². The molecule has 0 aliphatic rings. The third-order valence-electron chi connectivity index (χ3n) is 2.52. The molecule has 0 radical (unpaired) electrons. The van der Waals surface area contributed by atoms with Gasteiger partial charge in [0.1, 0.15) is 5.65 Å². The number of carbonyl (C=O) groups excluding carboxylic acids is 1. The molecule has 3 N–H and O–H groups in total. The highest BCUT2D eigenvalue weighted by atomic mass is 79.9. The molecule has 0 bridgehead atoms. The summed E-state index contributed by atoms with van der Waals surface area (Å²) >= 11 is 3.39. The molecule has 7 heteroatoms. The van der Waals surface area contributed by atoms with Gasteiger partial charge in [0, 0.05) is 30.0 Å². The number of urea groups is 1. The number of aliphatic hydroxyl groups excluding tert-OH is 1. The maximum atomic E-state index is 11.4.